The SMILES string of the molecule is COc1ccc(C(C(=O)NC2CCCC2)C2(C(OC)c3ccccc3)Nc3cc(F)c(F)cc3N2)cc1. The molecule has 5 rings (SSSR count). The lowest BCUT2D eigenvalue weighted by molar-refractivity contribution is -0.125. The summed E-state index contributed by atoms with van der Waals surface area (Å²) in [5.41, 5.74) is 0.887. The molecule has 0 radical (unpaired) electrons. The van der Waals surface area contributed by atoms with Gasteiger partial charge in [-0.05, 0) is 36.1 Å². The predicted molar refractivity (Wildman–Crippen MR) is 139 cm³/mol. The molecule has 37 heavy (non-hydrogen) atoms. The number of carbonyl (C=O) groups is 1. The molecule has 3 N–H and O–H groups in total. The number of hydrogen-bond acceptors (Lipinski definition) is 5. The standard InChI is InChI=1S/C29H31F2N3O3/c1-36-21-14-12-18(13-15-21)26(28(35)32-20-10-6-7-11-20)29(27(37-2)19-8-4-3-5-9-19)33-24-16-22(30)23(31)17-25(24)34-29/h3-5,8-9,12-17,20,26-27,33-34H,6-7,10-11H2,1-2H3,(H,32,35). The molecular formula is C29H31F2N3O3. The van der Waals surface area contributed by atoms with E-state index in [-0.39, 0.29) is 11.9 Å². The van der Waals surface area contributed by atoms with Crippen LogP contribution in [0.25, 0.3) is 0 Å². The average molecular weight is 508 g/mol. The molecule has 6 nitrogen and oxygen atoms in total. The maximum atomic E-state index is 14.3. The van der Waals surface area contributed by atoms with Gasteiger partial charge in [-0.15, -0.1) is 0 Å². The van der Waals surface area contributed by atoms with E-state index in [1.165, 1.54) is 0 Å². The third kappa shape index (κ3) is 4.73. The molecule has 1 aliphatic carbocycles. The summed E-state index contributed by atoms with van der Waals surface area (Å²) in [5, 5.41) is 9.96. The van der Waals surface area contributed by atoms with Crippen molar-refractivity contribution in [2.45, 2.75) is 49.4 Å². The van der Waals surface area contributed by atoms with Crippen LogP contribution in [0.5, 0.6) is 5.75 Å². The number of fused-ring (bicyclic) bond motifs is 1. The Morgan fingerprint density at radius 2 is 1.51 bits per heavy atom. The van der Waals surface area contributed by atoms with Crippen LogP contribution >= 0.6 is 0 Å². The van der Waals surface area contributed by atoms with Crippen molar-refractivity contribution in [1.29, 1.82) is 0 Å². The highest BCUT2D eigenvalue weighted by Crippen LogP contribution is 2.49. The van der Waals surface area contributed by atoms with Gasteiger partial charge in [0.2, 0.25) is 5.91 Å². The Bertz CT molecular complexity index is 1220. The molecule has 1 fully saturated rings. The van der Waals surface area contributed by atoms with Crippen molar-refractivity contribution in [3.63, 3.8) is 0 Å². The van der Waals surface area contributed by atoms with E-state index in [4.69, 9.17) is 9.47 Å². The lowest BCUT2D eigenvalue weighted by Gasteiger charge is -2.43. The van der Waals surface area contributed by atoms with Gasteiger partial charge in [0.15, 0.2) is 17.3 Å². The van der Waals surface area contributed by atoms with Crippen molar-refractivity contribution in [3.05, 3.63) is 89.5 Å². The zero-order valence-corrected chi connectivity index (χ0v) is 20.9. The highest BCUT2D eigenvalue weighted by molar-refractivity contribution is 5.90. The van der Waals surface area contributed by atoms with Crippen LogP contribution in [0.3, 0.4) is 0 Å². The predicted octanol–water partition coefficient (Wildman–Crippen LogP) is 5.74. The molecule has 1 amide bonds. The van der Waals surface area contributed by atoms with E-state index < -0.39 is 29.3 Å². The zero-order valence-electron chi connectivity index (χ0n) is 20.9. The largest absolute Gasteiger partial charge is 0.497 e. The maximum absolute atomic E-state index is 14.3. The van der Waals surface area contributed by atoms with E-state index >= 15 is 0 Å². The number of anilines is 2. The minimum absolute atomic E-state index is 0.0710. The molecule has 0 aromatic heterocycles. The van der Waals surface area contributed by atoms with Crippen LogP contribution < -0.4 is 20.7 Å². The fourth-order valence-corrected chi connectivity index (χ4v) is 5.64. The van der Waals surface area contributed by atoms with Crippen LogP contribution in [-0.4, -0.2) is 31.8 Å². The molecule has 194 valence electrons. The van der Waals surface area contributed by atoms with Gasteiger partial charge in [0.05, 0.1) is 18.5 Å². The molecule has 1 heterocycles. The van der Waals surface area contributed by atoms with Gasteiger partial charge in [0.25, 0.3) is 0 Å². The van der Waals surface area contributed by atoms with Crippen molar-refractivity contribution in [1.82, 2.24) is 5.32 Å². The zero-order chi connectivity index (χ0) is 26.0. The summed E-state index contributed by atoms with van der Waals surface area (Å²) in [7, 11) is 3.14. The first-order valence-electron chi connectivity index (χ1n) is 12.5. The summed E-state index contributed by atoms with van der Waals surface area (Å²) in [5.74, 6) is -2.35. The Labute approximate surface area is 215 Å². The van der Waals surface area contributed by atoms with Gasteiger partial charge in [-0.3, -0.25) is 4.79 Å². The number of hydrogen-bond donors (Lipinski definition) is 3. The van der Waals surface area contributed by atoms with Crippen molar-refractivity contribution in [2.24, 2.45) is 0 Å². The molecule has 3 aromatic rings. The van der Waals surface area contributed by atoms with Crippen molar-refractivity contribution < 1.29 is 23.0 Å². The summed E-state index contributed by atoms with van der Waals surface area (Å²) in [6.45, 7) is 0. The number of ether oxygens (including phenoxy) is 2. The number of amides is 1. The second-order valence-electron chi connectivity index (χ2n) is 9.65. The minimum Gasteiger partial charge on any atom is -0.497 e. The second-order valence-corrected chi connectivity index (χ2v) is 9.65. The normalized spacial score (nSPS) is 17.8. The fourth-order valence-electron chi connectivity index (χ4n) is 5.64. The lowest BCUT2D eigenvalue weighted by atomic mass is 9.79. The van der Waals surface area contributed by atoms with Gasteiger partial charge < -0.3 is 25.4 Å². The van der Waals surface area contributed by atoms with Gasteiger partial charge in [0, 0.05) is 25.3 Å². The molecule has 3 aromatic carbocycles. The molecule has 1 saturated carbocycles. The summed E-state index contributed by atoms with van der Waals surface area (Å²) in [4.78, 5) is 14.2. The molecular weight excluding hydrogens is 476 g/mol. The Balaban J connectivity index is 1.67. The van der Waals surface area contributed by atoms with Crippen LogP contribution in [-0.2, 0) is 9.53 Å². The third-order valence-electron chi connectivity index (χ3n) is 7.36. The first-order valence-corrected chi connectivity index (χ1v) is 12.5. The smallest absolute Gasteiger partial charge is 0.232 e. The van der Waals surface area contributed by atoms with Crippen molar-refractivity contribution >= 4 is 17.3 Å². The molecule has 2 unspecified atom stereocenters. The fraction of sp³-hybridized carbons (Fsp3) is 0.345. The number of halogens is 2. The summed E-state index contributed by atoms with van der Waals surface area (Å²) in [6.07, 6.45) is 3.24. The van der Waals surface area contributed by atoms with Crippen LogP contribution in [0.1, 0.15) is 48.8 Å². The van der Waals surface area contributed by atoms with Crippen LogP contribution in [0.15, 0.2) is 66.7 Å². The van der Waals surface area contributed by atoms with Gasteiger partial charge in [-0.25, -0.2) is 8.78 Å². The van der Waals surface area contributed by atoms with Gasteiger partial charge in [0.1, 0.15) is 17.8 Å². The van der Waals surface area contributed by atoms with E-state index in [1.807, 2.05) is 42.5 Å². The van der Waals surface area contributed by atoms with E-state index in [2.05, 4.69) is 16.0 Å². The number of rotatable bonds is 8. The minimum atomic E-state index is -1.31. The number of benzene rings is 3. The highest BCUT2D eigenvalue weighted by Gasteiger charge is 2.54. The number of carbonyl (C=O) groups excluding carboxylic acids is 1. The summed E-state index contributed by atoms with van der Waals surface area (Å²) < 4.78 is 40.0. The summed E-state index contributed by atoms with van der Waals surface area (Å²) in [6, 6.07) is 19.0. The van der Waals surface area contributed by atoms with E-state index in [1.54, 1.807) is 26.4 Å². The van der Waals surface area contributed by atoms with Gasteiger partial charge >= 0.3 is 0 Å². The van der Waals surface area contributed by atoms with E-state index in [0.717, 1.165) is 43.4 Å². The molecule has 0 saturated heterocycles. The molecule has 2 aliphatic rings. The number of methoxy groups -OCH3 is 2. The second kappa shape index (κ2) is 10.4. The number of nitrogens with one attached hydrogen (secondary N) is 3. The topological polar surface area (TPSA) is 71.6 Å². The Kier molecular flexibility index (Phi) is 7.02. The van der Waals surface area contributed by atoms with Crippen LogP contribution in [0.4, 0.5) is 20.2 Å². The van der Waals surface area contributed by atoms with E-state index in [0.29, 0.717) is 22.7 Å². The van der Waals surface area contributed by atoms with Crippen molar-refractivity contribution in [3.8, 4) is 5.75 Å². The monoisotopic (exact) mass is 507 g/mol. The summed E-state index contributed by atoms with van der Waals surface area (Å²) >= 11 is 0. The molecule has 1 aliphatic heterocycles. The maximum Gasteiger partial charge on any atom is 0.232 e. The molecule has 2 atom stereocenters. The van der Waals surface area contributed by atoms with Gasteiger partial charge in [-0.2, -0.15) is 0 Å². The third-order valence-corrected chi connectivity index (χ3v) is 7.36. The first kappa shape index (κ1) is 25.0. The molecule has 0 spiro atoms. The van der Waals surface area contributed by atoms with Crippen molar-refractivity contribution in [2.75, 3.05) is 24.9 Å². The Morgan fingerprint density at radius 1 is 0.919 bits per heavy atom. The Morgan fingerprint density at radius 3 is 2.05 bits per heavy atom. The van der Waals surface area contributed by atoms with Crippen LogP contribution in [0, 0.1) is 11.6 Å². The molecule has 0 bridgehead atoms. The molecule has 8 heteroatoms. The lowest BCUT2D eigenvalue weighted by Crippen LogP contribution is -2.58. The quantitative estimate of drug-likeness (QED) is 0.363. The van der Waals surface area contributed by atoms with Crippen LogP contribution in [0.2, 0.25) is 0 Å². The Hall–Kier alpha value is -3.65. The highest BCUT2D eigenvalue weighted by atomic mass is 19.2. The van der Waals surface area contributed by atoms with E-state index in [9.17, 15) is 13.6 Å². The average Bonchev–Trinajstić information content (AvgIpc) is 3.54. The van der Waals surface area contributed by atoms with Gasteiger partial charge in [-0.1, -0.05) is 55.3 Å². The first-order chi connectivity index (χ1) is 17.9.